The van der Waals surface area contributed by atoms with Crippen molar-refractivity contribution in [3.05, 3.63) is 130 Å². The van der Waals surface area contributed by atoms with Gasteiger partial charge in [0.05, 0.1) is 11.8 Å². The second kappa shape index (κ2) is 7.27. The molecule has 0 radical (unpaired) electrons. The van der Waals surface area contributed by atoms with Crippen LogP contribution in [0, 0.1) is 11.8 Å². The zero-order valence-electron chi connectivity index (χ0n) is 20.2. The summed E-state index contributed by atoms with van der Waals surface area (Å²) >= 11 is 0. The molecule has 0 aromatic heterocycles. The van der Waals surface area contributed by atoms with Crippen LogP contribution in [0.1, 0.15) is 45.2 Å². The summed E-state index contributed by atoms with van der Waals surface area (Å²) in [5, 5.41) is 12.8. The van der Waals surface area contributed by atoms with E-state index in [0.717, 1.165) is 38.4 Å². The number of fused-ring (bicyclic) bond motifs is 3. The Kier molecular flexibility index (Phi) is 4.12. The molecular formula is C32H22N2O4. The van der Waals surface area contributed by atoms with Gasteiger partial charge in [0.1, 0.15) is 0 Å². The number of imide groups is 1. The summed E-state index contributed by atoms with van der Waals surface area (Å²) in [6.45, 7) is 0. The number of hydrazine groups is 1. The third-order valence-electron chi connectivity index (χ3n) is 8.91. The number of nitrogens with one attached hydrogen (secondary N) is 1. The summed E-state index contributed by atoms with van der Waals surface area (Å²) in [6, 6.07) is 30.3. The smallest absolute Gasteiger partial charge is 0.280 e. The molecule has 38 heavy (non-hydrogen) atoms. The van der Waals surface area contributed by atoms with Crippen LogP contribution in [0.5, 0.6) is 0 Å². The summed E-state index contributed by atoms with van der Waals surface area (Å²) < 4.78 is 0. The molecule has 2 N–H and O–H groups in total. The number of hydrogen-bond acceptors (Lipinski definition) is 4. The van der Waals surface area contributed by atoms with Gasteiger partial charge in [0.2, 0.25) is 0 Å². The molecule has 6 nitrogen and oxygen atoms in total. The highest BCUT2D eigenvalue weighted by atomic mass is 16.3. The molecule has 4 aromatic carbocycles. The van der Waals surface area contributed by atoms with E-state index in [-0.39, 0.29) is 11.8 Å². The first-order chi connectivity index (χ1) is 18.5. The van der Waals surface area contributed by atoms with E-state index in [1.54, 1.807) is 24.3 Å². The van der Waals surface area contributed by atoms with Crippen molar-refractivity contribution in [1.29, 1.82) is 0 Å². The van der Waals surface area contributed by atoms with Crippen molar-refractivity contribution in [2.75, 3.05) is 0 Å². The van der Waals surface area contributed by atoms with Crippen molar-refractivity contribution in [1.82, 2.24) is 10.4 Å². The van der Waals surface area contributed by atoms with E-state index in [1.165, 1.54) is 0 Å². The Morgan fingerprint density at radius 3 is 1.42 bits per heavy atom. The molecule has 9 rings (SSSR count). The van der Waals surface area contributed by atoms with E-state index in [1.807, 2.05) is 72.8 Å². The maximum Gasteiger partial charge on any atom is 0.280 e. The minimum Gasteiger partial charge on any atom is -0.372 e. The second-order valence-corrected chi connectivity index (χ2v) is 10.5. The first-order valence-corrected chi connectivity index (χ1v) is 12.8. The van der Waals surface area contributed by atoms with Gasteiger partial charge in [-0.3, -0.25) is 19.8 Å². The SMILES string of the molecule is O=C1[C@H]2C3c4ccccc4C(c4ccccc43)[C@@H]2C(=O)N1NC(=O)C1(O)c2ccccc2-c2ccccc21. The highest BCUT2D eigenvalue weighted by Gasteiger charge is 2.62. The van der Waals surface area contributed by atoms with Crippen LogP contribution in [0.15, 0.2) is 97.1 Å². The van der Waals surface area contributed by atoms with Crippen LogP contribution >= 0.6 is 0 Å². The Balaban J connectivity index is 1.21. The Hall–Kier alpha value is -4.55. The van der Waals surface area contributed by atoms with Crippen LogP contribution in [-0.2, 0) is 20.0 Å². The van der Waals surface area contributed by atoms with Crippen molar-refractivity contribution < 1.29 is 19.5 Å². The first-order valence-electron chi connectivity index (χ1n) is 12.8. The predicted molar refractivity (Wildman–Crippen MR) is 138 cm³/mol. The summed E-state index contributed by atoms with van der Waals surface area (Å²) in [6.07, 6.45) is 0. The number of carbonyl (C=O) groups excluding carboxylic acids is 3. The fourth-order valence-electron chi connectivity index (χ4n) is 7.43. The summed E-state index contributed by atoms with van der Waals surface area (Å²) in [7, 11) is 0. The highest BCUT2D eigenvalue weighted by molar-refractivity contribution is 6.10. The third kappa shape index (κ3) is 2.43. The molecule has 0 unspecified atom stereocenters. The second-order valence-electron chi connectivity index (χ2n) is 10.5. The van der Waals surface area contributed by atoms with Crippen LogP contribution in [0.4, 0.5) is 0 Å². The summed E-state index contributed by atoms with van der Waals surface area (Å²) in [5.41, 5.74) is 7.12. The Morgan fingerprint density at radius 2 is 1.00 bits per heavy atom. The van der Waals surface area contributed by atoms with Crippen LogP contribution in [0.2, 0.25) is 0 Å². The van der Waals surface area contributed by atoms with Crippen LogP contribution in [0.25, 0.3) is 11.1 Å². The molecule has 1 fully saturated rings. The zero-order chi connectivity index (χ0) is 25.8. The molecule has 5 aliphatic rings. The molecule has 4 aromatic rings. The molecule has 2 atom stereocenters. The Bertz CT molecular complexity index is 1570. The minimum atomic E-state index is -2.04. The molecule has 3 amide bonds. The van der Waals surface area contributed by atoms with Gasteiger partial charge in [0.15, 0.2) is 5.60 Å². The average Bonchev–Trinajstić information content (AvgIpc) is 3.38. The normalized spacial score (nSPS) is 24.8. The molecule has 0 spiro atoms. The van der Waals surface area contributed by atoms with Gasteiger partial charge in [-0.2, -0.15) is 5.01 Å². The number of aliphatic hydroxyl groups is 1. The number of nitrogens with zero attached hydrogens (tertiary/aromatic N) is 1. The summed E-state index contributed by atoms with van der Waals surface area (Å²) in [5.74, 6) is -3.46. The monoisotopic (exact) mass is 498 g/mol. The van der Waals surface area contributed by atoms with E-state index in [4.69, 9.17) is 0 Å². The fraction of sp³-hybridized carbons (Fsp3) is 0.156. The van der Waals surface area contributed by atoms with Gasteiger partial charge in [0.25, 0.3) is 17.7 Å². The minimum absolute atomic E-state index is 0.272. The molecule has 2 bridgehead atoms. The van der Waals surface area contributed by atoms with Crippen LogP contribution < -0.4 is 5.43 Å². The fourth-order valence-corrected chi connectivity index (χ4v) is 7.43. The zero-order valence-corrected chi connectivity index (χ0v) is 20.2. The van der Waals surface area contributed by atoms with Crippen molar-refractivity contribution >= 4 is 17.7 Å². The van der Waals surface area contributed by atoms with E-state index in [0.29, 0.717) is 11.1 Å². The lowest BCUT2D eigenvalue weighted by molar-refractivity contribution is -0.154. The highest BCUT2D eigenvalue weighted by Crippen LogP contribution is 2.60. The topological polar surface area (TPSA) is 86.7 Å². The van der Waals surface area contributed by atoms with E-state index in [9.17, 15) is 19.5 Å². The lowest BCUT2D eigenvalue weighted by atomic mass is 9.55. The summed E-state index contributed by atoms with van der Waals surface area (Å²) in [4.78, 5) is 41.7. The van der Waals surface area contributed by atoms with Gasteiger partial charge < -0.3 is 5.11 Å². The molecule has 0 saturated carbocycles. The van der Waals surface area contributed by atoms with Gasteiger partial charge in [0, 0.05) is 23.0 Å². The molecule has 1 saturated heterocycles. The molecule has 1 aliphatic heterocycles. The van der Waals surface area contributed by atoms with Crippen molar-refractivity contribution in [2.45, 2.75) is 17.4 Å². The number of hydrogen-bond donors (Lipinski definition) is 2. The van der Waals surface area contributed by atoms with Gasteiger partial charge >= 0.3 is 0 Å². The largest absolute Gasteiger partial charge is 0.372 e. The van der Waals surface area contributed by atoms with E-state index in [2.05, 4.69) is 5.43 Å². The lowest BCUT2D eigenvalue weighted by Crippen LogP contribution is -2.54. The van der Waals surface area contributed by atoms with Gasteiger partial charge in [-0.05, 0) is 33.4 Å². The Morgan fingerprint density at radius 1 is 0.632 bits per heavy atom. The van der Waals surface area contributed by atoms with Crippen molar-refractivity contribution in [2.24, 2.45) is 11.8 Å². The number of carbonyl (C=O) groups is 3. The number of amides is 3. The lowest BCUT2D eigenvalue weighted by Gasteiger charge is -2.45. The molecule has 184 valence electrons. The first kappa shape index (κ1) is 21.5. The quantitative estimate of drug-likeness (QED) is 0.412. The van der Waals surface area contributed by atoms with E-state index >= 15 is 0 Å². The Labute approximate surface area is 218 Å². The molecular weight excluding hydrogens is 476 g/mol. The number of benzene rings is 4. The third-order valence-corrected chi connectivity index (χ3v) is 8.91. The van der Waals surface area contributed by atoms with Crippen LogP contribution in [0.3, 0.4) is 0 Å². The average molecular weight is 499 g/mol. The maximum atomic E-state index is 13.9. The molecule has 6 heteroatoms. The maximum absolute atomic E-state index is 13.9. The van der Waals surface area contributed by atoms with Gasteiger partial charge in [-0.1, -0.05) is 97.1 Å². The van der Waals surface area contributed by atoms with Gasteiger partial charge in [-0.25, -0.2) is 0 Å². The van der Waals surface area contributed by atoms with Crippen LogP contribution in [-0.4, -0.2) is 27.8 Å². The van der Waals surface area contributed by atoms with Crippen molar-refractivity contribution in [3.8, 4) is 11.1 Å². The van der Waals surface area contributed by atoms with Gasteiger partial charge in [-0.15, -0.1) is 0 Å². The standard InChI is InChI=1S/C32H22N2O4/c35-29-27-25-19-11-1-2-12-20(19)26(22-14-4-3-13-21(22)25)28(27)30(36)34(29)33-31(37)32(38)23-15-7-5-9-17(23)18-10-6-8-16-24(18)32/h1-16,25-28,38H,(H,33,37)/t25?,26?,27-,28-/m0/s1. The van der Waals surface area contributed by atoms with E-state index < -0.39 is 35.2 Å². The number of rotatable bonds is 2. The predicted octanol–water partition coefficient (Wildman–Crippen LogP) is 3.83. The molecule has 1 heterocycles. The van der Waals surface area contributed by atoms with Crippen molar-refractivity contribution in [3.63, 3.8) is 0 Å². The molecule has 4 aliphatic carbocycles.